The third kappa shape index (κ3) is 3.75. The lowest BCUT2D eigenvalue weighted by molar-refractivity contribution is 0.149. The Morgan fingerprint density at radius 2 is 1.77 bits per heavy atom. The van der Waals surface area contributed by atoms with Crippen LogP contribution in [0.15, 0.2) is 79.3 Å². The molecular formula is C26H23N3O. The molecule has 0 aliphatic rings. The van der Waals surface area contributed by atoms with Gasteiger partial charge in [-0.25, -0.2) is 0 Å². The third-order valence-electron chi connectivity index (χ3n) is 5.31. The van der Waals surface area contributed by atoms with Gasteiger partial charge in [-0.3, -0.25) is 9.97 Å². The van der Waals surface area contributed by atoms with Gasteiger partial charge >= 0.3 is 0 Å². The summed E-state index contributed by atoms with van der Waals surface area (Å²) in [6, 6.07) is 22.2. The summed E-state index contributed by atoms with van der Waals surface area (Å²) in [4.78, 5) is 8.66. The van der Waals surface area contributed by atoms with E-state index in [9.17, 15) is 5.26 Å². The van der Waals surface area contributed by atoms with E-state index < -0.39 is 5.60 Å². The molecule has 4 aromatic rings. The number of pyridine rings is 2. The summed E-state index contributed by atoms with van der Waals surface area (Å²) in [5.74, 6) is 1.04. The minimum atomic E-state index is -1.11. The molecule has 2 aromatic carbocycles. The molecule has 0 N–H and O–H groups in total. The molecule has 0 aliphatic heterocycles. The molecule has 2 heterocycles. The van der Waals surface area contributed by atoms with E-state index in [1.165, 1.54) is 5.56 Å². The highest BCUT2D eigenvalue weighted by Gasteiger charge is 2.29. The molecular weight excluding hydrogens is 370 g/mol. The van der Waals surface area contributed by atoms with Crippen molar-refractivity contribution in [3.8, 4) is 22.9 Å². The minimum absolute atomic E-state index is 0.404. The second-order valence-electron chi connectivity index (χ2n) is 7.81. The summed E-state index contributed by atoms with van der Waals surface area (Å²) in [6.07, 6.45) is 5.15. The van der Waals surface area contributed by atoms with Crippen LogP contribution >= 0.6 is 0 Å². The van der Waals surface area contributed by atoms with Crippen LogP contribution in [0.4, 0.5) is 0 Å². The summed E-state index contributed by atoms with van der Waals surface area (Å²) >= 11 is 0. The summed E-state index contributed by atoms with van der Waals surface area (Å²) in [7, 11) is 0. The highest BCUT2D eigenvalue weighted by atomic mass is 16.5. The highest BCUT2D eigenvalue weighted by molar-refractivity contribution is 5.94. The van der Waals surface area contributed by atoms with Crippen molar-refractivity contribution < 1.29 is 4.74 Å². The zero-order valence-corrected chi connectivity index (χ0v) is 17.3. The molecule has 0 amide bonds. The average molecular weight is 393 g/mol. The van der Waals surface area contributed by atoms with Crippen molar-refractivity contribution in [2.24, 2.45) is 0 Å². The molecule has 0 fully saturated rings. The van der Waals surface area contributed by atoms with E-state index in [2.05, 4.69) is 54.2 Å². The molecule has 30 heavy (non-hydrogen) atoms. The molecule has 4 rings (SSSR count). The Kier molecular flexibility index (Phi) is 5.20. The highest BCUT2D eigenvalue weighted by Crippen LogP contribution is 2.35. The van der Waals surface area contributed by atoms with Crippen LogP contribution < -0.4 is 4.74 Å². The Bertz CT molecular complexity index is 1230. The lowest BCUT2D eigenvalue weighted by Gasteiger charge is -2.24. The van der Waals surface area contributed by atoms with Crippen LogP contribution in [0.25, 0.3) is 22.0 Å². The first-order chi connectivity index (χ1) is 14.5. The van der Waals surface area contributed by atoms with E-state index in [1.807, 2.05) is 30.5 Å². The lowest BCUT2D eigenvalue weighted by Crippen LogP contribution is -2.27. The maximum atomic E-state index is 9.82. The van der Waals surface area contributed by atoms with Crippen LogP contribution in [0, 0.1) is 11.3 Å². The van der Waals surface area contributed by atoms with Gasteiger partial charge in [-0.05, 0) is 66.4 Å². The summed E-state index contributed by atoms with van der Waals surface area (Å²) in [6.45, 7) is 6.15. The SMILES string of the molecule is CC(C)c1cc(-c2cccc(OC(C)(C#N)c3ccncc3)c2)c2ncccc2c1. The first kappa shape index (κ1) is 19.6. The van der Waals surface area contributed by atoms with Crippen molar-refractivity contribution in [3.05, 3.63) is 90.4 Å². The topological polar surface area (TPSA) is 58.8 Å². The maximum Gasteiger partial charge on any atom is 0.217 e. The average Bonchev–Trinajstić information content (AvgIpc) is 2.79. The number of hydrogen-bond donors (Lipinski definition) is 0. The maximum absolute atomic E-state index is 9.82. The van der Waals surface area contributed by atoms with Gasteiger partial charge in [0, 0.05) is 35.1 Å². The number of benzene rings is 2. The quantitative estimate of drug-likeness (QED) is 0.403. The molecule has 1 unspecified atom stereocenters. The first-order valence-corrected chi connectivity index (χ1v) is 10.00. The number of nitriles is 1. The van der Waals surface area contributed by atoms with Crippen LogP contribution in [0.1, 0.15) is 37.8 Å². The fraction of sp³-hybridized carbons (Fsp3) is 0.192. The van der Waals surface area contributed by atoms with Crippen molar-refractivity contribution in [2.45, 2.75) is 32.3 Å². The Morgan fingerprint density at radius 1 is 0.967 bits per heavy atom. The summed E-state index contributed by atoms with van der Waals surface area (Å²) in [5.41, 5.74) is 3.94. The largest absolute Gasteiger partial charge is 0.468 e. The molecule has 0 radical (unpaired) electrons. The third-order valence-corrected chi connectivity index (χ3v) is 5.31. The summed E-state index contributed by atoms with van der Waals surface area (Å²) < 4.78 is 6.18. The van der Waals surface area contributed by atoms with Crippen molar-refractivity contribution in [2.75, 3.05) is 0 Å². The molecule has 4 heteroatoms. The molecule has 1 atom stereocenters. The fourth-order valence-electron chi connectivity index (χ4n) is 3.55. The van der Waals surface area contributed by atoms with Crippen molar-refractivity contribution in [1.82, 2.24) is 9.97 Å². The predicted octanol–water partition coefficient (Wildman–Crippen LogP) is 6.24. The van der Waals surface area contributed by atoms with Crippen LogP contribution in [-0.4, -0.2) is 9.97 Å². The number of ether oxygens (including phenoxy) is 1. The smallest absolute Gasteiger partial charge is 0.217 e. The van der Waals surface area contributed by atoms with Gasteiger partial charge in [-0.2, -0.15) is 5.26 Å². The molecule has 0 spiro atoms. The van der Waals surface area contributed by atoms with Crippen LogP contribution in [0.5, 0.6) is 5.75 Å². The van der Waals surface area contributed by atoms with Gasteiger partial charge in [-0.1, -0.05) is 32.0 Å². The van der Waals surface area contributed by atoms with Gasteiger partial charge < -0.3 is 4.74 Å². The van der Waals surface area contributed by atoms with Crippen LogP contribution in [0.3, 0.4) is 0 Å². The van der Waals surface area contributed by atoms with Gasteiger partial charge in [0.25, 0.3) is 0 Å². The molecule has 0 bridgehead atoms. The number of hydrogen-bond acceptors (Lipinski definition) is 4. The number of rotatable bonds is 5. The molecule has 0 saturated heterocycles. The van der Waals surface area contributed by atoms with Crippen molar-refractivity contribution >= 4 is 10.9 Å². The van der Waals surface area contributed by atoms with E-state index in [0.29, 0.717) is 11.7 Å². The Balaban J connectivity index is 1.79. The van der Waals surface area contributed by atoms with Gasteiger partial charge in [0.2, 0.25) is 5.60 Å². The Labute approximate surface area is 176 Å². The zero-order chi connectivity index (χ0) is 21.1. The molecule has 0 saturated carbocycles. The van der Waals surface area contributed by atoms with Gasteiger partial charge in [-0.15, -0.1) is 0 Å². The van der Waals surface area contributed by atoms with E-state index in [1.54, 1.807) is 31.5 Å². The molecule has 4 nitrogen and oxygen atoms in total. The second-order valence-corrected chi connectivity index (χ2v) is 7.81. The molecule has 148 valence electrons. The van der Waals surface area contributed by atoms with Crippen molar-refractivity contribution in [1.29, 1.82) is 5.26 Å². The minimum Gasteiger partial charge on any atom is -0.468 e. The normalized spacial score (nSPS) is 13.0. The number of aromatic nitrogens is 2. The Morgan fingerprint density at radius 3 is 2.50 bits per heavy atom. The van der Waals surface area contributed by atoms with Gasteiger partial charge in [0.15, 0.2) is 0 Å². The number of nitrogens with zero attached hydrogens (tertiary/aromatic N) is 3. The summed E-state index contributed by atoms with van der Waals surface area (Å²) in [5, 5.41) is 10.9. The monoisotopic (exact) mass is 393 g/mol. The van der Waals surface area contributed by atoms with Gasteiger partial charge in [0.05, 0.1) is 5.52 Å². The molecule has 2 aromatic heterocycles. The van der Waals surface area contributed by atoms with Crippen molar-refractivity contribution in [3.63, 3.8) is 0 Å². The van der Waals surface area contributed by atoms with E-state index in [-0.39, 0.29) is 0 Å². The Hall–Kier alpha value is -3.71. The predicted molar refractivity (Wildman–Crippen MR) is 119 cm³/mol. The van der Waals surface area contributed by atoms with E-state index in [4.69, 9.17) is 4.74 Å². The first-order valence-electron chi connectivity index (χ1n) is 10.00. The van der Waals surface area contributed by atoms with E-state index >= 15 is 0 Å². The van der Waals surface area contributed by atoms with Crippen LogP contribution in [0.2, 0.25) is 0 Å². The standard InChI is InChI=1S/C26H23N3O/c1-18(2)21-14-20-7-5-11-29-25(20)24(16-21)19-6-4-8-23(15-19)30-26(3,17-27)22-9-12-28-13-10-22/h4-16,18H,1-3H3. The van der Waals surface area contributed by atoms with Gasteiger partial charge in [0.1, 0.15) is 11.8 Å². The number of fused-ring (bicyclic) bond motifs is 1. The second kappa shape index (κ2) is 7.96. The van der Waals surface area contributed by atoms with E-state index in [0.717, 1.165) is 27.6 Å². The fourth-order valence-corrected chi connectivity index (χ4v) is 3.55. The van der Waals surface area contributed by atoms with Crippen LogP contribution in [-0.2, 0) is 5.60 Å². The zero-order valence-electron chi connectivity index (χ0n) is 17.3. The molecule has 0 aliphatic carbocycles. The lowest BCUT2D eigenvalue weighted by atomic mass is 9.94.